The van der Waals surface area contributed by atoms with Gasteiger partial charge in [0.25, 0.3) is 0 Å². The van der Waals surface area contributed by atoms with Crippen molar-refractivity contribution < 1.29 is 8.42 Å². The first-order valence-corrected chi connectivity index (χ1v) is 8.07. The highest BCUT2D eigenvalue weighted by atomic mass is 32.2. The van der Waals surface area contributed by atoms with Gasteiger partial charge in [0.1, 0.15) is 9.84 Å². The van der Waals surface area contributed by atoms with Crippen LogP contribution >= 0.6 is 0 Å². The molecule has 1 atom stereocenters. The van der Waals surface area contributed by atoms with Gasteiger partial charge in [0.2, 0.25) is 0 Å². The molecule has 0 spiro atoms. The van der Waals surface area contributed by atoms with E-state index in [0.717, 1.165) is 16.5 Å². The number of aromatic nitrogens is 1. The second-order valence-electron chi connectivity index (χ2n) is 4.95. The van der Waals surface area contributed by atoms with E-state index in [1.807, 2.05) is 36.7 Å². The van der Waals surface area contributed by atoms with Crippen LogP contribution in [0, 0.1) is 18.3 Å². The molecule has 0 N–H and O–H groups in total. The zero-order valence-corrected chi connectivity index (χ0v) is 12.0. The molecule has 5 heteroatoms. The van der Waals surface area contributed by atoms with Crippen LogP contribution in [0.4, 0.5) is 0 Å². The number of benzene rings is 1. The SMILES string of the molecule is Cc1c(C#N)ccc2c1ccn2C(C)CS(C)(=O)=O. The average molecular weight is 276 g/mol. The Labute approximate surface area is 113 Å². The van der Waals surface area contributed by atoms with Crippen molar-refractivity contribution in [1.29, 1.82) is 5.26 Å². The molecule has 0 radical (unpaired) electrons. The predicted molar refractivity (Wildman–Crippen MR) is 75.8 cm³/mol. The van der Waals surface area contributed by atoms with Crippen molar-refractivity contribution in [2.24, 2.45) is 0 Å². The summed E-state index contributed by atoms with van der Waals surface area (Å²) in [4.78, 5) is 0. The summed E-state index contributed by atoms with van der Waals surface area (Å²) in [5.41, 5.74) is 2.55. The molecule has 0 saturated carbocycles. The Kier molecular flexibility index (Phi) is 3.38. The molecule has 0 fully saturated rings. The lowest BCUT2D eigenvalue weighted by Gasteiger charge is -2.14. The Hall–Kier alpha value is -1.80. The van der Waals surface area contributed by atoms with Gasteiger partial charge in [-0.3, -0.25) is 0 Å². The van der Waals surface area contributed by atoms with Gasteiger partial charge in [0, 0.05) is 29.4 Å². The van der Waals surface area contributed by atoms with Gasteiger partial charge in [0.05, 0.1) is 17.4 Å². The van der Waals surface area contributed by atoms with Crippen LogP contribution in [-0.4, -0.2) is 25.0 Å². The minimum Gasteiger partial charge on any atom is -0.344 e. The van der Waals surface area contributed by atoms with Crippen molar-refractivity contribution in [3.63, 3.8) is 0 Å². The van der Waals surface area contributed by atoms with Gasteiger partial charge in [-0.2, -0.15) is 5.26 Å². The minimum absolute atomic E-state index is 0.107. The van der Waals surface area contributed by atoms with Crippen LogP contribution in [-0.2, 0) is 9.84 Å². The summed E-state index contributed by atoms with van der Waals surface area (Å²) in [6.45, 7) is 3.79. The fraction of sp³-hybridized carbons (Fsp3) is 0.357. The maximum Gasteiger partial charge on any atom is 0.149 e. The van der Waals surface area contributed by atoms with Gasteiger partial charge < -0.3 is 4.57 Å². The Morgan fingerprint density at radius 3 is 2.63 bits per heavy atom. The highest BCUT2D eigenvalue weighted by Gasteiger charge is 2.15. The van der Waals surface area contributed by atoms with Crippen LogP contribution in [0.15, 0.2) is 24.4 Å². The molecule has 2 rings (SSSR count). The predicted octanol–water partition coefficient (Wildman–Crippen LogP) is 2.43. The lowest BCUT2D eigenvalue weighted by atomic mass is 10.1. The van der Waals surface area contributed by atoms with Gasteiger partial charge in [-0.1, -0.05) is 0 Å². The number of aryl methyl sites for hydroxylation is 1. The highest BCUT2D eigenvalue weighted by Crippen LogP contribution is 2.25. The fourth-order valence-corrected chi connectivity index (χ4v) is 3.45. The van der Waals surface area contributed by atoms with Crippen LogP contribution in [0.1, 0.15) is 24.1 Å². The van der Waals surface area contributed by atoms with E-state index in [1.54, 1.807) is 6.07 Å². The molecule has 1 unspecified atom stereocenters. The third kappa shape index (κ3) is 2.64. The van der Waals surface area contributed by atoms with E-state index in [1.165, 1.54) is 6.26 Å². The smallest absolute Gasteiger partial charge is 0.149 e. The first-order chi connectivity index (χ1) is 8.83. The molecule has 4 nitrogen and oxygen atoms in total. The summed E-state index contributed by atoms with van der Waals surface area (Å²) in [5, 5.41) is 10.0. The number of hydrogen-bond donors (Lipinski definition) is 0. The van der Waals surface area contributed by atoms with E-state index in [-0.39, 0.29) is 11.8 Å². The summed E-state index contributed by atoms with van der Waals surface area (Å²) in [6.07, 6.45) is 3.13. The standard InChI is InChI=1S/C14H16N2O2S/c1-10(9-19(3,17)18)16-7-6-13-11(2)12(8-15)4-5-14(13)16/h4-7,10H,9H2,1-3H3. The molecule has 19 heavy (non-hydrogen) atoms. The largest absolute Gasteiger partial charge is 0.344 e. The first-order valence-electron chi connectivity index (χ1n) is 6.01. The van der Waals surface area contributed by atoms with Gasteiger partial charge in [-0.15, -0.1) is 0 Å². The topological polar surface area (TPSA) is 62.9 Å². The van der Waals surface area contributed by atoms with Crippen LogP contribution in [0.25, 0.3) is 10.9 Å². The lowest BCUT2D eigenvalue weighted by Crippen LogP contribution is -2.15. The molecule has 100 valence electrons. The number of rotatable bonds is 3. The van der Waals surface area contributed by atoms with Gasteiger partial charge >= 0.3 is 0 Å². The third-order valence-electron chi connectivity index (χ3n) is 3.31. The van der Waals surface area contributed by atoms with Crippen LogP contribution in [0.3, 0.4) is 0 Å². The maximum absolute atomic E-state index is 11.4. The van der Waals surface area contributed by atoms with E-state index in [9.17, 15) is 8.42 Å². The molecule has 0 bridgehead atoms. The van der Waals surface area contributed by atoms with E-state index in [2.05, 4.69) is 6.07 Å². The molecule has 0 saturated heterocycles. The number of sulfone groups is 1. The van der Waals surface area contributed by atoms with Crippen molar-refractivity contribution in [2.75, 3.05) is 12.0 Å². The monoisotopic (exact) mass is 276 g/mol. The summed E-state index contributed by atoms with van der Waals surface area (Å²) in [7, 11) is -3.01. The molecule has 1 aromatic carbocycles. The number of nitriles is 1. The zero-order chi connectivity index (χ0) is 14.2. The normalized spacial score (nSPS) is 13.4. The lowest BCUT2D eigenvalue weighted by molar-refractivity contribution is 0.570. The first kappa shape index (κ1) is 13.6. The van der Waals surface area contributed by atoms with Gasteiger partial charge in [-0.25, -0.2) is 8.42 Å². The Balaban J connectivity index is 2.53. The average Bonchev–Trinajstić information content (AvgIpc) is 2.72. The second-order valence-corrected chi connectivity index (χ2v) is 7.13. The fourth-order valence-electron chi connectivity index (χ4n) is 2.41. The highest BCUT2D eigenvalue weighted by molar-refractivity contribution is 7.90. The molecule has 0 aliphatic heterocycles. The number of fused-ring (bicyclic) bond motifs is 1. The van der Waals surface area contributed by atoms with Gasteiger partial charge in [-0.05, 0) is 37.6 Å². The van der Waals surface area contributed by atoms with Crippen molar-refractivity contribution in [2.45, 2.75) is 19.9 Å². The number of hydrogen-bond acceptors (Lipinski definition) is 3. The quantitative estimate of drug-likeness (QED) is 0.865. The Morgan fingerprint density at radius 1 is 1.37 bits per heavy atom. The Morgan fingerprint density at radius 2 is 2.05 bits per heavy atom. The molecule has 1 aromatic heterocycles. The van der Waals surface area contributed by atoms with Crippen molar-refractivity contribution >= 4 is 20.7 Å². The van der Waals surface area contributed by atoms with Crippen LogP contribution < -0.4 is 0 Å². The van der Waals surface area contributed by atoms with E-state index in [4.69, 9.17) is 5.26 Å². The Bertz CT molecular complexity index is 767. The molecule has 0 amide bonds. The summed E-state index contributed by atoms with van der Waals surface area (Å²) in [5.74, 6) is 0.107. The maximum atomic E-state index is 11.4. The number of nitrogens with zero attached hydrogens (tertiary/aromatic N) is 2. The van der Waals surface area contributed by atoms with E-state index < -0.39 is 9.84 Å². The molecule has 2 aromatic rings. The van der Waals surface area contributed by atoms with E-state index in [0.29, 0.717) is 5.56 Å². The van der Waals surface area contributed by atoms with E-state index >= 15 is 0 Å². The van der Waals surface area contributed by atoms with Crippen LogP contribution in [0.2, 0.25) is 0 Å². The summed E-state index contributed by atoms with van der Waals surface area (Å²) < 4.78 is 24.7. The molecule has 0 aliphatic rings. The zero-order valence-electron chi connectivity index (χ0n) is 11.2. The summed E-state index contributed by atoms with van der Waals surface area (Å²) in [6, 6.07) is 7.62. The minimum atomic E-state index is -3.01. The van der Waals surface area contributed by atoms with Crippen molar-refractivity contribution in [3.05, 3.63) is 35.5 Å². The van der Waals surface area contributed by atoms with Crippen LogP contribution in [0.5, 0.6) is 0 Å². The second kappa shape index (κ2) is 4.71. The molecular formula is C14H16N2O2S. The van der Waals surface area contributed by atoms with Crippen molar-refractivity contribution in [3.8, 4) is 6.07 Å². The molecule has 0 aliphatic carbocycles. The van der Waals surface area contributed by atoms with Crippen molar-refractivity contribution in [1.82, 2.24) is 4.57 Å². The summed E-state index contributed by atoms with van der Waals surface area (Å²) >= 11 is 0. The van der Waals surface area contributed by atoms with Gasteiger partial charge in [0.15, 0.2) is 0 Å². The molecule has 1 heterocycles. The molecular weight excluding hydrogens is 260 g/mol. The third-order valence-corrected chi connectivity index (χ3v) is 4.40.